The highest BCUT2D eigenvalue weighted by atomic mass is 15.3. The van der Waals surface area contributed by atoms with E-state index in [2.05, 4.69) is 27.0 Å². The van der Waals surface area contributed by atoms with E-state index < -0.39 is 0 Å². The van der Waals surface area contributed by atoms with Gasteiger partial charge in [0.1, 0.15) is 0 Å². The van der Waals surface area contributed by atoms with E-state index in [9.17, 15) is 0 Å². The molecule has 0 amide bonds. The SMILES string of the molecule is CN(C)C(=NCCN(Cc1ccccn1)Cc1ccccn1)N(C)C. The molecule has 25 heavy (non-hydrogen) atoms. The lowest BCUT2D eigenvalue weighted by molar-refractivity contribution is 0.257. The van der Waals surface area contributed by atoms with E-state index in [1.807, 2.05) is 74.6 Å². The van der Waals surface area contributed by atoms with E-state index in [1.54, 1.807) is 0 Å². The van der Waals surface area contributed by atoms with Gasteiger partial charge in [0.25, 0.3) is 0 Å². The van der Waals surface area contributed by atoms with E-state index >= 15 is 0 Å². The molecule has 6 nitrogen and oxygen atoms in total. The summed E-state index contributed by atoms with van der Waals surface area (Å²) in [5.74, 6) is 0.968. The summed E-state index contributed by atoms with van der Waals surface area (Å²) in [6.45, 7) is 3.14. The molecule has 0 N–H and O–H groups in total. The second-order valence-corrected chi connectivity index (χ2v) is 6.32. The molecule has 2 heterocycles. The van der Waals surface area contributed by atoms with Gasteiger partial charge in [-0.05, 0) is 24.3 Å². The molecule has 0 bridgehead atoms. The van der Waals surface area contributed by atoms with Crippen LogP contribution in [-0.2, 0) is 13.1 Å². The zero-order valence-electron chi connectivity index (χ0n) is 15.6. The predicted octanol–water partition coefficient (Wildman–Crippen LogP) is 1.96. The Morgan fingerprint density at radius 3 is 1.76 bits per heavy atom. The van der Waals surface area contributed by atoms with Crippen LogP contribution in [0.25, 0.3) is 0 Å². The summed E-state index contributed by atoms with van der Waals surface area (Å²) in [6, 6.07) is 12.0. The average molecular weight is 340 g/mol. The summed E-state index contributed by atoms with van der Waals surface area (Å²) in [5, 5.41) is 0. The third-order valence-corrected chi connectivity index (χ3v) is 3.69. The fraction of sp³-hybridized carbons (Fsp3) is 0.421. The minimum absolute atomic E-state index is 0.728. The fourth-order valence-corrected chi connectivity index (χ4v) is 2.63. The maximum Gasteiger partial charge on any atom is 0.195 e. The largest absolute Gasteiger partial charge is 0.349 e. The highest BCUT2D eigenvalue weighted by molar-refractivity contribution is 5.79. The topological polar surface area (TPSA) is 47.9 Å². The molecule has 0 aliphatic rings. The summed E-state index contributed by atoms with van der Waals surface area (Å²) >= 11 is 0. The Balaban J connectivity index is 2.04. The number of rotatable bonds is 7. The minimum atomic E-state index is 0.728. The zero-order chi connectivity index (χ0) is 18.1. The number of hydrogen-bond donors (Lipinski definition) is 0. The van der Waals surface area contributed by atoms with Gasteiger partial charge in [-0.1, -0.05) is 12.1 Å². The van der Waals surface area contributed by atoms with Gasteiger partial charge in [-0.25, -0.2) is 0 Å². The van der Waals surface area contributed by atoms with Crippen molar-refractivity contribution in [1.82, 2.24) is 24.7 Å². The predicted molar refractivity (Wildman–Crippen MR) is 102 cm³/mol. The maximum absolute atomic E-state index is 4.73. The molecule has 6 heteroatoms. The molecular weight excluding hydrogens is 312 g/mol. The molecule has 2 rings (SSSR count). The number of nitrogens with zero attached hydrogens (tertiary/aromatic N) is 6. The monoisotopic (exact) mass is 340 g/mol. The lowest BCUT2D eigenvalue weighted by atomic mass is 10.3. The van der Waals surface area contributed by atoms with Gasteiger partial charge in [0.2, 0.25) is 0 Å². The standard InChI is InChI=1S/C19H28N6/c1-23(2)19(24(3)4)22-13-14-25(15-17-9-5-7-11-20-17)16-18-10-6-8-12-21-18/h5-12H,13-16H2,1-4H3. The van der Waals surface area contributed by atoms with E-state index in [1.165, 1.54) is 0 Å². The summed E-state index contributed by atoms with van der Waals surface area (Å²) < 4.78 is 0. The van der Waals surface area contributed by atoms with E-state index in [0.29, 0.717) is 0 Å². The third kappa shape index (κ3) is 6.51. The van der Waals surface area contributed by atoms with Gasteiger partial charge < -0.3 is 9.80 Å². The third-order valence-electron chi connectivity index (χ3n) is 3.69. The smallest absolute Gasteiger partial charge is 0.195 e. The molecule has 0 aliphatic carbocycles. The van der Waals surface area contributed by atoms with Gasteiger partial charge in [0.05, 0.1) is 17.9 Å². The molecule has 2 aromatic heterocycles. The van der Waals surface area contributed by atoms with Crippen LogP contribution in [0.3, 0.4) is 0 Å². The average Bonchev–Trinajstić information content (AvgIpc) is 2.59. The lowest BCUT2D eigenvalue weighted by Crippen LogP contribution is -2.36. The highest BCUT2D eigenvalue weighted by Gasteiger charge is 2.10. The molecule has 0 unspecified atom stereocenters. The van der Waals surface area contributed by atoms with E-state index in [-0.39, 0.29) is 0 Å². The number of pyridine rings is 2. The molecule has 0 atom stereocenters. The van der Waals surface area contributed by atoms with Crippen LogP contribution in [0.4, 0.5) is 0 Å². The molecule has 134 valence electrons. The van der Waals surface area contributed by atoms with Crippen LogP contribution in [-0.4, -0.2) is 71.9 Å². The molecule has 0 saturated carbocycles. The first-order chi connectivity index (χ1) is 12.1. The summed E-state index contributed by atoms with van der Waals surface area (Å²) in [6.07, 6.45) is 3.67. The Morgan fingerprint density at radius 1 is 0.840 bits per heavy atom. The second-order valence-electron chi connectivity index (χ2n) is 6.32. The Labute approximate surface area is 150 Å². The molecular formula is C19H28N6. The van der Waals surface area contributed by atoms with Gasteiger partial charge >= 0.3 is 0 Å². The van der Waals surface area contributed by atoms with Crippen molar-refractivity contribution >= 4 is 5.96 Å². The van der Waals surface area contributed by atoms with Crippen molar-refractivity contribution < 1.29 is 0 Å². The lowest BCUT2D eigenvalue weighted by Gasteiger charge is -2.24. The molecule has 0 fully saturated rings. The van der Waals surface area contributed by atoms with E-state index in [0.717, 1.165) is 43.5 Å². The van der Waals surface area contributed by atoms with Crippen LogP contribution in [0.5, 0.6) is 0 Å². The summed E-state index contributed by atoms with van der Waals surface area (Å²) in [4.78, 5) is 20.0. The Bertz CT molecular complexity index is 588. The number of hydrogen-bond acceptors (Lipinski definition) is 4. The molecule has 0 aromatic carbocycles. The van der Waals surface area contributed by atoms with Crippen molar-refractivity contribution in [3.8, 4) is 0 Å². The van der Waals surface area contributed by atoms with Crippen LogP contribution >= 0.6 is 0 Å². The first-order valence-corrected chi connectivity index (χ1v) is 8.47. The molecule has 0 saturated heterocycles. The molecule has 0 radical (unpaired) electrons. The number of aliphatic imine (C=N–C) groups is 1. The van der Waals surface area contributed by atoms with Gasteiger partial charge in [-0.3, -0.25) is 19.9 Å². The molecule has 2 aromatic rings. The van der Waals surface area contributed by atoms with Crippen molar-refractivity contribution in [1.29, 1.82) is 0 Å². The van der Waals surface area contributed by atoms with Crippen LogP contribution in [0, 0.1) is 0 Å². The van der Waals surface area contributed by atoms with Crippen LogP contribution in [0.1, 0.15) is 11.4 Å². The molecule has 0 aliphatic heterocycles. The van der Waals surface area contributed by atoms with Crippen LogP contribution in [0.2, 0.25) is 0 Å². The first kappa shape index (κ1) is 18.9. The van der Waals surface area contributed by atoms with Gasteiger partial charge in [0.15, 0.2) is 5.96 Å². The van der Waals surface area contributed by atoms with Crippen molar-refractivity contribution in [2.75, 3.05) is 41.3 Å². The number of aromatic nitrogens is 2. The van der Waals surface area contributed by atoms with Crippen LogP contribution in [0.15, 0.2) is 53.8 Å². The summed E-state index contributed by atoms with van der Waals surface area (Å²) in [5.41, 5.74) is 2.12. The maximum atomic E-state index is 4.73. The normalized spacial score (nSPS) is 10.6. The Morgan fingerprint density at radius 2 is 1.36 bits per heavy atom. The Kier molecular flexibility index (Phi) is 7.35. The van der Waals surface area contributed by atoms with Crippen LogP contribution < -0.4 is 0 Å². The zero-order valence-corrected chi connectivity index (χ0v) is 15.6. The van der Waals surface area contributed by atoms with Crippen molar-refractivity contribution in [2.24, 2.45) is 4.99 Å². The number of guanidine groups is 1. The minimum Gasteiger partial charge on any atom is -0.349 e. The summed E-state index contributed by atoms with van der Waals surface area (Å²) in [7, 11) is 8.05. The van der Waals surface area contributed by atoms with Crippen molar-refractivity contribution in [2.45, 2.75) is 13.1 Å². The van der Waals surface area contributed by atoms with Gasteiger partial charge in [0, 0.05) is 60.2 Å². The Hall–Kier alpha value is -2.47. The van der Waals surface area contributed by atoms with E-state index in [4.69, 9.17) is 4.99 Å². The fourth-order valence-electron chi connectivity index (χ4n) is 2.63. The van der Waals surface area contributed by atoms with Gasteiger partial charge in [-0.2, -0.15) is 0 Å². The van der Waals surface area contributed by atoms with Crippen molar-refractivity contribution in [3.63, 3.8) is 0 Å². The second kappa shape index (κ2) is 9.74. The first-order valence-electron chi connectivity index (χ1n) is 8.47. The van der Waals surface area contributed by atoms with Gasteiger partial charge in [-0.15, -0.1) is 0 Å². The quantitative estimate of drug-likeness (QED) is 0.570. The highest BCUT2D eigenvalue weighted by Crippen LogP contribution is 2.06. The van der Waals surface area contributed by atoms with Crippen molar-refractivity contribution in [3.05, 3.63) is 60.2 Å². The molecule has 0 spiro atoms.